The molecule has 0 aliphatic carbocycles. The number of hydrogen-bond donors (Lipinski definition) is 0. The third kappa shape index (κ3) is 2.69. The van der Waals surface area contributed by atoms with Gasteiger partial charge in [0, 0.05) is 25.2 Å². The van der Waals surface area contributed by atoms with Crippen molar-refractivity contribution in [1.82, 2.24) is 13.7 Å². The summed E-state index contributed by atoms with van der Waals surface area (Å²) in [5.74, 6) is 0. The van der Waals surface area contributed by atoms with Gasteiger partial charge in [-0.3, -0.25) is 4.40 Å². The summed E-state index contributed by atoms with van der Waals surface area (Å²) in [6, 6.07) is 0. The predicted octanol–water partition coefficient (Wildman–Crippen LogP) is 2.64. The molecule has 0 N–H and O–H groups in total. The number of unbranched alkanes of at least 4 members (excludes halogenated alkanes) is 1. The fourth-order valence-electron chi connectivity index (χ4n) is 1.70. The highest BCUT2D eigenvalue weighted by atomic mass is 35.5. The number of fused-ring (bicyclic) bond motifs is 1. The molecule has 0 unspecified atom stereocenters. The molecule has 0 aliphatic rings. The number of hydrogen-bond acceptors (Lipinski definition) is 4. The van der Waals surface area contributed by atoms with Crippen LogP contribution in [0.3, 0.4) is 0 Å². The van der Waals surface area contributed by atoms with Gasteiger partial charge >= 0.3 is 0 Å². The summed E-state index contributed by atoms with van der Waals surface area (Å²) < 4.78 is 27.8. The summed E-state index contributed by atoms with van der Waals surface area (Å²) in [5, 5.41) is 1.82. The van der Waals surface area contributed by atoms with Crippen molar-refractivity contribution < 1.29 is 8.42 Å². The molecule has 0 saturated carbocycles. The van der Waals surface area contributed by atoms with Crippen LogP contribution in [-0.2, 0) is 10.0 Å². The number of halogens is 1. The van der Waals surface area contributed by atoms with Gasteiger partial charge < -0.3 is 0 Å². The van der Waals surface area contributed by atoms with E-state index in [0.717, 1.165) is 12.8 Å². The molecule has 0 aliphatic heterocycles. The second-order valence-electron chi connectivity index (χ2n) is 4.02. The van der Waals surface area contributed by atoms with Crippen LogP contribution in [-0.4, -0.2) is 35.7 Å². The maximum absolute atomic E-state index is 12.5. The molecule has 0 atom stereocenters. The number of sulfonamides is 1. The Hall–Kier alpha value is -0.890. The molecule has 0 spiro atoms. The second kappa shape index (κ2) is 5.62. The third-order valence-corrected chi connectivity index (χ3v) is 5.73. The lowest BCUT2D eigenvalue weighted by Gasteiger charge is -2.16. The standard InChI is InChI=1S/C11H14ClN3O2S2/c1-3-4-5-6-14(2)19(16,17)10-9(12)13-11-15(10)7-8-18-11/h3,7-8H,1,4-6H2,2H3. The minimum atomic E-state index is -3.63. The zero-order valence-corrected chi connectivity index (χ0v) is 12.8. The predicted molar refractivity (Wildman–Crippen MR) is 77.3 cm³/mol. The van der Waals surface area contributed by atoms with Crippen molar-refractivity contribution in [2.24, 2.45) is 0 Å². The van der Waals surface area contributed by atoms with Gasteiger partial charge in [-0.1, -0.05) is 17.7 Å². The van der Waals surface area contributed by atoms with Gasteiger partial charge in [-0.25, -0.2) is 13.4 Å². The summed E-state index contributed by atoms with van der Waals surface area (Å²) in [6.07, 6.45) is 4.92. The fraction of sp³-hybridized carbons (Fsp3) is 0.364. The van der Waals surface area contributed by atoms with Crippen LogP contribution < -0.4 is 0 Å². The molecule has 0 amide bonds. The Kier molecular flexibility index (Phi) is 4.29. The van der Waals surface area contributed by atoms with Crippen molar-refractivity contribution in [2.45, 2.75) is 17.9 Å². The molecule has 2 heterocycles. The van der Waals surface area contributed by atoms with Crippen molar-refractivity contribution in [1.29, 1.82) is 0 Å². The van der Waals surface area contributed by atoms with Crippen molar-refractivity contribution in [3.05, 3.63) is 29.4 Å². The molecule has 2 aromatic heterocycles. The highest BCUT2D eigenvalue weighted by molar-refractivity contribution is 7.89. The number of imidazole rings is 1. The summed E-state index contributed by atoms with van der Waals surface area (Å²) in [5.41, 5.74) is 0. The highest BCUT2D eigenvalue weighted by Crippen LogP contribution is 2.27. The zero-order valence-electron chi connectivity index (χ0n) is 10.4. The lowest BCUT2D eigenvalue weighted by atomic mass is 10.3. The number of rotatable bonds is 6. The van der Waals surface area contributed by atoms with Gasteiger partial charge in [0.1, 0.15) is 0 Å². The van der Waals surface area contributed by atoms with Gasteiger partial charge in [0.05, 0.1) is 0 Å². The first-order chi connectivity index (χ1) is 8.98. The van der Waals surface area contributed by atoms with E-state index < -0.39 is 10.0 Å². The van der Waals surface area contributed by atoms with E-state index in [1.807, 2.05) is 0 Å². The van der Waals surface area contributed by atoms with E-state index in [1.54, 1.807) is 24.7 Å². The SMILES string of the molecule is C=CCCCN(C)S(=O)(=O)c1c(Cl)nc2sccn12. The van der Waals surface area contributed by atoms with Crippen molar-refractivity contribution in [3.8, 4) is 0 Å². The molecule has 104 valence electrons. The van der Waals surface area contributed by atoms with E-state index in [-0.39, 0.29) is 10.2 Å². The first-order valence-electron chi connectivity index (χ1n) is 5.66. The van der Waals surface area contributed by atoms with Crippen LogP contribution in [0.5, 0.6) is 0 Å². The van der Waals surface area contributed by atoms with Gasteiger partial charge in [0.25, 0.3) is 10.0 Å². The summed E-state index contributed by atoms with van der Waals surface area (Å²) in [4.78, 5) is 4.62. The van der Waals surface area contributed by atoms with Crippen LogP contribution in [0.4, 0.5) is 0 Å². The molecule has 5 nitrogen and oxygen atoms in total. The monoisotopic (exact) mass is 319 g/mol. The molecule has 0 radical (unpaired) electrons. The number of thiazole rings is 1. The summed E-state index contributed by atoms with van der Waals surface area (Å²) >= 11 is 7.29. The molecular formula is C11H14ClN3O2S2. The Bertz CT molecular complexity index is 690. The van der Waals surface area contributed by atoms with Crippen LogP contribution in [0.2, 0.25) is 5.15 Å². The fourth-order valence-corrected chi connectivity index (χ4v) is 4.30. The molecule has 2 rings (SSSR count). The number of aromatic nitrogens is 2. The van der Waals surface area contributed by atoms with E-state index in [4.69, 9.17) is 11.6 Å². The second-order valence-corrected chi connectivity index (χ2v) is 7.21. The van der Waals surface area contributed by atoms with Gasteiger partial charge in [-0.2, -0.15) is 4.31 Å². The quantitative estimate of drug-likeness (QED) is 0.607. The average Bonchev–Trinajstić information content (AvgIpc) is 2.88. The molecule has 0 fully saturated rings. The smallest absolute Gasteiger partial charge is 0.262 e. The van der Waals surface area contributed by atoms with Crippen LogP contribution in [0.15, 0.2) is 29.3 Å². The molecule has 8 heteroatoms. The van der Waals surface area contributed by atoms with E-state index in [1.165, 1.54) is 20.0 Å². The van der Waals surface area contributed by atoms with Crippen LogP contribution in [0.25, 0.3) is 4.96 Å². The summed E-state index contributed by atoms with van der Waals surface area (Å²) in [7, 11) is -2.09. The Morgan fingerprint density at radius 1 is 1.63 bits per heavy atom. The van der Waals surface area contributed by atoms with Crippen LogP contribution in [0.1, 0.15) is 12.8 Å². The van der Waals surface area contributed by atoms with Gasteiger partial charge in [-0.15, -0.1) is 17.9 Å². The largest absolute Gasteiger partial charge is 0.279 e. The minimum Gasteiger partial charge on any atom is -0.279 e. The van der Waals surface area contributed by atoms with E-state index in [0.29, 0.717) is 11.5 Å². The van der Waals surface area contributed by atoms with Crippen molar-refractivity contribution >= 4 is 37.9 Å². The van der Waals surface area contributed by atoms with Gasteiger partial charge in [-0.05, 0) is 12.8 Å². The Labute approximate surface area is 121 Å². The van der Waals surface area contributed by atoms with Crippen molar-refractivity contribution in [2.75, 3.05) is 13.6 Å². The molecule has 19 heavy (non-hydrogen) atoms. The minimum absolute atomic E-state index is 0.0161. The highest BCUT2D eigenvalue weighted by Gasteiger charge is 2.28. The molecule has 0 saturated heterocycles. The number of allylic oxidation sites excluding steroid dienone is 1. The number of nitrogens with zero attached hydrogens (tertiary/aromatic N) is 3. The average molecular weight is 320 g/mol. The Morgan fingerprint density at radius 2 is 2.37 bits per heavy atom. The molecular weight excluding hydrogens is 306 g/mol. The molecule has 0 aromatic carbocycles. The molecule has 2 aromatic rings. The first-order valence-corrected chi connectivity index (χ1v) is 8.36. The normalized spacial score (nSPS) is 12.4. The lowest BCUT2D eigenvalue weighted by Crippen LogP contribution is -2.29. The lowest BCUT2D eigenvalue weighted by molar-refractivity contribution is 0.459. The zero-order chi connectivity index (χ0) is 14.0. The van der Waals surface area contributed by atoms with E-state index in [9.17, 15) is 8.42 Å². The maximum atomic E-state index is 12.5. The van der Waals surface area contributed by atoms with Gasteiger partial charge in [0.2, 0.25) is 0 Å². The van der Waals surface area contributed by atoms with Crippen LogP contribution in [0, 0.1) is 0 Å². The third-order valence-electron chi connectivity index (χ3n) is 2.71. The van der Waals surface area contributed by atoms with E-state index >= 15 is 0 Å². The van der Waals surface area contributed by atoms with Crippen LogP contribution >= 0.6 is 22.9 Å². The Balaban J connectivity index is 2.35. The summed E-state index contributed by atoms with van der Waals surface area (Å²) in [6.45, 7) is 4.03. The Morgan fingerprint density at radius 3 is 3.05 bits per heavy atom. The first kappa shape index (κ1) is 14.5. The maximum Gasteiger partial charge on any atom is 0.262 e. The van der Waals surface area contributed by atoms with Gasteiger partial charge in [0.15, 0.2) is 15.1 Å². The van der Waals surface area contributed by atoms with Crippen molar-refractivity contribution in [3.63, 3.8) is 0 Å². The van der Waals surface area contributed by atoms with E-state index in [2.05, 4.69) is 11.6 Å². The molecule has 0 bridgehead atoms. The topological polar surface area (TPSA) is 54.7 Å².